The summed E-state index contributed by atoms with van der Waals surface area (Å²) in [6.45, 7) is 4.01. The quantitative estimate of drug-likeness (QED) is 0.313. The Labute approximate surface area is 234 Å². The highest BCUT2D eigenvalue weighted by molar-refractivity contribution is 6.10. The number of likely N-dealkylation sites (tertiary alicyclic amines) is 1. The van der Waals surface area contributed by atoms with E-state index in [0.29, 0.717) is 23.3 Å². The average Bonchev–Trinajstić information content (AvgIpc) is 3.74. The predicted molar refractivity (Wildman–Crippen MR) is 152 cm³/mol. The normalized spacial score (nSPS) is 28.2. The molecule has 202 valence electrons. The highest BCUT2D eigenvalue weighted by Gasteiger charge is 2.67. The molecular weight excluding hydrogens is 500 g/mol. The number of benzene rings is 3. The first-order valence-corrected chi connectivity index (χ1v) is 14.1. The van der Waals surface area contributed by atoms with Crippen LogP contribution in [-0.2, 0) is 20.8 Å². The maximum atomic E-state index is 13.8. The van der Waals surface area contributed by atoms with Gasteiger partial charge in [-0.25, -0.2) is 0 Å². The zero-order valence-electron chi connectivity index (χ0n) is 22.6. The Morgan fingerprint density at radius 3 is 2.05 bits per heavy atom. The lowest BCUT2D eigenvalue weighted by molar-refractivity contribution is -0.146. The van der Waals surface area contributed by atoms with Crippen LogP contribution < -0.4 is 10.1 Å². The minimum Gasteiger partial charge on any atom is -0.457 e. The number of para-hydroxylation sites is 1. The van der Waals surface area contributed by atoms with E-state index in [0.717, 1.165) is 28.9 Å². The van der Waals surface area contributed by atoms with Crippen molar-refractivity contribution in [2.24, 2.45) is 35.5 Å². The minimum absolute atomic E-state index is 0.117. The summed E-state index contributed by atoms with van der Waals surface area (Å²) in [5, 5.41) is 2.97. The molecule has 6 nitrogen and oxygen atoms in total. The molecule has 7 atom stereocenters. The van der Waals surface area contributed by atoms with E-state index in [1.807, 2.05) is 74.5 Å². The Kier molecular flexibility index (Phi) is 5.88. The number of aryl methyl sites for hydroxylation is 2. The van der Waals surface area contributed by atoms with E-state index < -0.39 is 6.04 Å². The van der Waals surface area contributed by atoms with Gasteiger partial charge in [0, 0.05) is 12.1 Å². The summed E-state index contributed by atoms with van der Waals surface area (Å²) in [5.74, 6) is 1.33. The number of anilines is 1. The molecular formula is C34H32N2O4. The van der Waals surface area contributed by atoms with E-state index in [4.69, 9.17) is 4.74 Å². The second kappa shape index (κ2) is 9.47. The smallest absolute Gasteiger partial charge is 0.248 e. The maximum Gasteiger partial charge on any atom is 0.248 e. The molecule has 3 amide bonds. The van der Waals surface area contributed by atoms with Gasteiger partial charge in [-0.1, -0.05) is 60.7 Å². The van der Waals surface area contributed by atoms with Crippen molar-refractivity contribution in [1.82, 2.24) is 4.90 Å². The number of carbonyl (C=O) groups excluding carboxylic acids is 3. The molecule has 2 saturated carbocycles. The first kappa shape index (κ1) is 24.8. The third-order valence-corrected chi connectivity index (χ3v) is 9.33. The average molecular weight is 533 g/mol. The lowest BCUT2D eigenvalue weighted by Gasteiger charge is -2.37. The molecule has 5 aliphatic rings. The zero-order valence-corrected chi connectivity index (χ0v) is 22.6. The highest BCUT2D eigenvalue weighted by Crippen LogP contribution is 2.65. The van der Waals surface area contributed by atoms with Gasteiger partial charge in [-0.15, -0.1) is 0 Å². The fourth-order valence-electron chi connectivity index (χ4n) is 7.34. The summed E-state index contributed by atoms with van der Waals surface area (Å²) < 4.78 is 6.11. The molecule has 3 aromatic rings. The van der Waals surface area contributed by atoms with Crippen LogP contribution >= 0.6 is 0 Å². The van der Waals surface area contributed by atoms with Crippen LogP contribution in [0.4, 0.5) is 5.69 Å². The van der Waals surface area contributed by atoms with Crippen LogP contribution in [0.2, 0.25) is 0 Å². The van der Waals surface area contributed by atoms with Crippen LogP contribution in [0.1, 0.15) is 23.1 Å². The predicted octanol–water partition coefficient (Wildman–Crippen LogP) is 5.70. The number of nitrogens with zero attached hydrogens (tertiary/aromatic N) is 1. The van der Waals surface area contributed by atoms with Gasteiger partial charge in [0.1, 0.15) is 17.5 Å². The summed E-state index contributed by atoms with van der Waals surface area (Å²) in [7, 11) is 0. The molecule has 4 aliphatic carbocycles. The number of amides is 3. The van der Waals surface area contributed by atoms with Crippen molar-refractivity contribution in [2.75, 3.05) is 5.32 Å². The molecule has 6 heteroatoms. The lowest BCUT2D eigenvalue weighted by atomic mass is 9.63. The Morgan fingerprint density at radius 2 is 1.45 bits per heavy atom. The van der Waals surface area contributed by atoms with Gasteiger partial charge in [0.25, 0.3) is 0 Å². The molecule has 3 fully saturated rings. The molecule has 8 rings (SSSR count). The molecule has 0 radical (unpaired) electrons. The number of nitrogens with one attached hydrogen (secondary N) is 1. The summed E-state index contributed by atoms with van der Waals surface area (Å²) in [6.07, 6.45) is 5.69. The fourth-order valence-corrected chi connectivity index (χ4v) is 7.34. The summed E-state index contributed by atoms with van der Waals surface area (Å²) in [5.41, 5.74) is 3.57. The third-order valence-electron chi connectivity index (χ3n) is 9.33. The number of rotatable bonds is 7. The summed E-state index contributed by atoms with van der Waals surface area (Å²) >= 11 is 0. The molecule has 2 bridgehead atoms. The Hall–Kier alpha value is -4.19. The fraction of sp³-hybridized carbons (Fsp3) is 0.324. The van der Waals surface area contributed by atoms with Crippen molar-refractivity contribution in [2.45, 2.75) is 32.7 Å². The van der Waals surface area contributed by atoms with Gasteiger partial charge >= 0.3 is 0 Å². The van der Waals surface area contributed by atoms with Gasteiger partial charge in [-0.05, 0) is 84.9 Å². The van der Waals surface area contributed by atoms with Crippen molar-refractivity contribution < 1.29 is 19.1 Å². The van der Waals surface area contributed by atoms with Crippen LogP contribution in [0.3, 0.4) is 0 Å². The minimum atomic E-state index is -0.922. The molecule has 1 aliphatic heterocycles. The standard InChI is InChI=1S/C34H32N2O4/c1-19-7-6-8-20(2)31(19)40-23-13-11-22(12-14-23)35-32(37)28(17-21-9-4-3-5-10-21)36-33(38)29-24-15-16-25(27-18-26(24)27)30(29)34(36)39/h3-16,24-30H,17-18H2,1-2H3,(H,35,37)/t24-,25-,26-,27+,28-,29-,30+/m0/s1. The first-order valence-electron chi connectivity index (χ1n) is 14.1. The first-order chi connectivity index (χ1) is 19.4. The van der Waals surface area contributed by atoms with Crippen molar-refractivity contribution in [3.8, 4) is 11.5 Å². The molecule has 1 heterocycles. The lowest BCUT2D eigenvalue weighted by Crippen LogP contribution is -2.49. The number of imide groups is 1. The number of carbonyl (C=O) groups is 3. The van der Waals surface area contributed by atoms with Gasteiger partial charge < -0.3 is 10.1 Å². The Morgan fingerprint density at radius 1 is 0.850 bits per heavy atom. The van der Waals surface area contributed by atoms with Crippen molar-refractivity contribution in [1.29, 1.82) is 0 Å². The van der Waals surface area contributed by atoms with Crippen LogP contribution in [0.15, 0.2) is 84.9 Å². The van der Waals surface area contributed by atoms with E-state index in [1.165, 1.54) is 4.90 Å². The summed E-state index contributed by atoms with van der Waals surface area (Å²) in [4.78, 5) is 42.8. The number of ether oxygens (including phenoxy) is 1. The molecule has 3 aromatic carbocycles. The van der Waals surface area contributed by atoms with Crippen LogP contribution in [0.5, 0.6) is 11.5 Å². The van der Waals surface area contributed by atoms with Gasteiger partial charge in [0.15, 0.2) is 0 Å². The third kappa shape index (κ3) is 4.05. The van der Waals surface area contributed by atoms with E-state index in [1.54, 1.807) is 12.1 Å². The van der Waals surface area contributed by atoms with Crippen LogP contribution in [0, 0.1) is 49.4 Å². The van der Waals surface area contributed by atoms with E-state index >= 15 is 0 Å². The number of hydrogen-bond acceptors (Lipinski definition) is 4. The van der Waals surface area contributed by atoms with Crippen molar-refractivity contribution >= 4 is 23.4 Å². The zero-order chi connectivity index (χ0) is 27.5. The highest BCUT2D eigenvalue weighted by atomic mass is 16.5. The maximum absolute atomic E-state index is 13.8. The van der Waals surface area contributed by atoms with Crippen LogP contribution in [-0.4, -0.2) is 28.7 Å². The molecule has 0 unspecified atom stereocenters. The second-order valence-electron chi connectivity index (χ2n) is 11.7. The molecule has 1 saturated heterocycles. The van der Waals surface area contributed by atoms with Crippen LogP contribution in [0.25, 0.3) is 0 Å². The van der Waals surface area contributed by atoms with Gasteiger partial charge in [0.05, 0.1) is 11.8 Å². The van der Waals surface area contributed by atoms with Gasteiger partial charge in [-0.3, -0.25) is 19.3 Å². The van der Waals surface area contributed by atoms with E-state index in [9.17, 15) is 14.4 Å². The largest absolute Gasteiger partial charge is 0.457 e. The van der Waals surface area contributed by atoms with Crippen molar-refractivity contribution in [3.05, 3.63) is 102 Å². The second-order valence-corrected chi connectivity index (χ2v) is 11.7. The molecule has 0 aromatic heterocycles. The van der Waals surface area contributed by atoms with Gasteiger partial charge in [0.2, 0.25) is 17.7 Å². The van der Waals surface area contributed by atoms with Gasteiger partial charge in [-0.2, -0.15) is 0 Å². The van der Waals surface area contributed by atoms with E-state index in [-0.39, 0.29) is 47.8 Å². The monoisotopic (exact) mass is 532 g/mol. The molecule has 1 N–H and O–H groups in total. The topological polar surface area (TPSA) is 75.7 Å². The Bertz CT molecular complexity index is 1470. The summed E-state index contributed by atoms with van der Waals surface area (Å²) in [6, 6.07) is 21.9. The molecule has 0 spiro atoms. The van der Waals surface area contributed by atoms with E-state index in [2.05, 4.69) is 17.5 Å². The van der Waals surface area contributed by atoms with Crippen molar-refractivity contribution in [3.63, 3.8) is 0 Å². The number of hydrogen-bond donors (Lipinski definition) is 1. The SMILES string of the molecule is Cc1cccc(C)c1Oc1ccc(NC(=O)[C@H](Cc2ccccc2)N2C(=O)[C@@H]3[C@H]4C=C[C@@H]([C@@H]5C[C@H]45)[C@@H]3C2=O)cc1. The molecule has 40 heavy (non-hydrogen) atoms. The number of allylic oxidation sites excluding steroid dienone is 2. The Balaban J connectivity index is 1.13.